The van der Waals surface area contributed by atoms with Crippen LogP contribution in [0.1, 0.15) is 58.6 Å². The fourth-order valence-electron chi connectivity index (χ4n) is 6.10. The van der Waals surface area contributed by atoms with E-state index in [-0.39, 0.29) is 22.8 Å². The maximum absolute atomic E-state index is 11.9. The second-order valence-corrected chi connectivity index (χ2v) is 16.6. The molecule has 4 rings (SSSR count). The summed E-state index contributed by atoms with van der Waals surface area (Å²) in [5.74, 6) is -0.439. The molecule has 2 aromatic rings. The molecular formula is C31H39N2O9S3+. The van der Waals surface area contributed by atoms with Crippen molar-refractivity contribution in [3.63, 3.8) is 0 Å². The summed E-state index contributed by atoms with van der Waals surface area (Å²) in [7, 11) is -13.0. The lowest BCUT2D eigenvalue weighted by Crippen LogP contribution is -2.28. The Labute approximate surface area is 265 Å². The maximum Gasteiger partial charge on any atom is 0.294 e. The van der Waals surface area contributed by atoms with Gasteiger partial charge < -0.3 is 4.90 Å². The lowest BCUT2D eigenvalue weighted by molar-refractivity contribution is -0.437. The zero-order chi connectivity index (χ0) is 33.6. The third-order valence-electron chi connectivity index (χ3n) is 8.28. The molecule has 3 N–H and O–H groups in total. The predicted molar refractivity (Wildman–Crippen MR) is 173 cm³/mol. The van der Waals surface area contributed by atoms with Crippen molar-refractivity contribution in [1.29, 1.82) is 0 Å². The van der Waals surface area contributed by atoms with E-state index >= 15 is 0 Å². The molecule has 0 aromatic heterocycles. The van der Waals surface area contributed by atoms with Crippen LogP contribution in [0, 0.1) is 0 Å². The van der Waals surface area contributed by atoms with Crippen LogP contribution in [0.4, 0.5) is 11.4 Å². The van der Waals surface area contributed by atoms with E-state index in [4.69, 9.17) is 0 Å². The summed E-state index contributed by atoms with van der Waals surface area (Å²) in [4.78, 5) is 1.47. The molecule has 0 spiro atoms. The quantitative estimate of drug-likeness (QED) is 0.166. The van der Waals surface area contributed by atoms with E-state index in [1.807, 2.05) is 69.9 Å². The monoisotopic (exact) mass is 679 g/mol. The van der Waals surface area contributed by atoms with E-state index in [1.165, 1.54) is 24.3 Å². The van der Waals surface area contributed by atoms with Gasteiger partial charge in [-0.1, -0.05) is 39.0 Å². The Balaban J connectivity index is 1.69. The molecule has 0 bridgehead atoms. The van der Waals surface area contributed by atoms with Crippen LogP contribution < -0.4 is 4.90 Å². The molecular weight excluding hydrogens is 641 g/mol. The molecule has 0 amide bonds. The summed E-state index contributed by atoms with van der Waals surface area (Å²) in [5.41, 5.74) is 3.40. The SMILES string of the molecule is CCC[N+]1=C(/C=C/C=C/C=C2/N(CCCS(=O)(=O)O)c3ccc(S(=O)(=O)O)cc3C2(C)C)C(C)(C)c2cc(S(=O)(=O)O)ccc21. The molecule has 0 fully saturated rings. The van der Waals surface area contributed by atoms with Gasteiger partial charge in [0.1, 0.15) is 6.54 Å². The average molecular weight is 680 g/mol. The van der Waals surface area contributed by atoms with Gasteiger partial charge in [-0.3, -0.25) is 13.7 Å². The molecule has 0 atom stereocenters. The van der Waals surface area contributed by atoms with Crippen molar-refractivity contribution in [2.45, 2.75) is 68.1 Å². The Bertz CT molecular complexity index is 1970. The van der Waals surface area contributed by atoms with Crippen molar-refractivity contribution in [2.24, 2.45) is 0 Å². The second kappa shape index (κ2) is 12.2. The third-order valence-corrected chi connectivity index (χ3v) is 10.8. The van der Waals surface area contributed by atoms with E-state index in [0.29, 0.717) is 17.8 Å². The zero-order valence-electron chi connectivity index (χ0n) is 25.8. The van der Waals surface area contributed by atoms with Crippen LogP contribution in [0.2, 0.25) is 0 Å². The minimum atomic E-state index is -4.45. The largest absolute Gasteiger partial charge is 0.344 e. The maximum atomic E-state index is 11.9. The van der Waals surface area contributed by atoms with Gasteiger partial charge in [0.2, 0.25) is 5.69 Å². The molecule has 244 valence electrons. The van der Waals surface area contributed by atoms with E-state index < -0.39 is 46.9 Å². The molecule has 2 aliphatic rings. The molecule has 2 heterocycles. The lowest BCUT2D eigenvalue weighted by Gasteiger charge is -2.27. The van der Waals surface area contributed by atoms with Gasteiger partial charge in [-0.05, 0) is 62.2 Å². The number of allylic oxidation sites excluding steroid dienone is 6. The number of anilines is 1. The molecule has 11 nitrogen and oxygen atoms in total. The molecule has 0 radical (unpaired) electrons. The number of fused-ring (bicyclic) bond motifs is 2. The minimum absolute atomic E-state index is 0.121. The Hall–Kier alpha value is -3.14. The highest BCUT2D eigenvalue weighted by Gasteiger charge is 2.45. The smallest absolute Gasteiger partial charge is 0.294 e. The van der Waals surface area contributed by atoms with Gasteiger partial charge in [-0.15, -0.1) is 0 Å². The molecule has 0 unspecified atom stereocenters. The summed E-state index contributed by atoms with van der Waals surface area (Å²) in [5, 5.41) is 0. The summed E-state index contributed by atoms with van der Waals surface area (Å²) >= 11 is 0. The minimum Gasteiger partial charge on any atom is -0.344 e. The fourth-order valence-corrected chi connectivity index (χ4v) is 7.61. The van der Waals surface area contributed by atoms with E-state index in [2.05, 4.69) is 4.58 Å². The summed E-state index contributed by atoms with van der Waals surface area (Å²) < 4.78 is 101. The summed E-state index contributed by atoms with van der Waals surface area (Å²) in [6.07, 6.45) is 10.3. The summed E-state index contributed by atoms with van der Waals surface area (Å²) in [6.45, 7) is 10.8. The zero-order valence-corrected chi connectivity index (χ0v) is 28.2. The molecule has 0 saturated heterocycles. The van der Waals surface area contributed by atoms with Crippen molar-refractivity contribution >= 4 is 47.4 Å². The number of nitrogens with zero attached hydrogens (tertiary/aromatic N) is 2. The van der Waals surface area contributed by atoms with Crippen molar-refractivity contribution in [1.82, 2.24) is 0 Å². The first-order chi connectivity index (χ1) is 20.7. The van der Waals surface area contributed by atoms with Gasteiger partial charge in [-0.25, -0.2) is 0 Å². The van der Waals surface area contributed by atoms with Crippen LogP contribution in [0.3, 0.4) is 0 Å². The Morgan fingerprint density at radius 1 is 0.800 bits per heavy atom. The van der Waals surface area contributed by atoms with E-state index in [1.54, 1.807) is 12.1 Å². The van der Waals surface area contributed by atoms with E-state index in [9.17, 15) is 38.9 Å². The highest BCUT2D eigenvalue weighted by atomic mass is 32.2. The first-order valence-corrected chi connectivity index (χ1v) is 18.9. The lowest BCUT2D eigenvalue weighted by atomic mass is 9.81. The highest BCUT2D eigenvalue weighted by molar-refractivity contribution is 7.86. The van der Waals surface area contributed by atoms with Gasteiger partial charge in [0, 0.05) is 47.5 Å². The van der Waals surface area contributed by atoms with Crippen molar-refractivity contribution in [2.75, 3.05) is 23.7 Å². The highest BCUT2D eigenvalue weighted by Crippen LogP contribution is 2.48. The average Bonchev–Trinajstić information content (AvgIpc) is 3.25. The summed E-state index contributed by atoms with van der Waals surface area (Å²) in [6, 6.07) is 8.90. The van der Waals surface area contributed by atoms with Gasteiger partial charge in [0.05, 0.1) is 21.0 Å². The van der Waals surface area contributed by atoms with Crippen LogP contribution in [0.25, 0.3) is 0 Å². The fraction of sp³-hybridized carbons (Fsp3) is 0.387. The van der Waals surface area contributed by atoms with Crippen LogP contribution in [0.5, 0.6) is 0 Å². The molecule has 14 heteroatoms. The van der Waals surface area contributed by atoms with Crippen LogP contribution in [0.15, 0.2) is 82.3 Å². The Kier molecular flexibility index (Phi) is 9.44. The molecule has 0 aliphatic carbocycles. The van der Waals surface area contributed by atoms with Crippen LogP contribution >= 0.6 is 0 Å². The van der Waals surface area contributed by atoms with Gasteiger partial charge in [0.25, 0.3) is 30.4 Å². The number of hydrogen-bond acceptors (Lipinski definition) is 7. The molecule has 45 heavy (non-hydrogen) atoms. The molecule has 0 saturated carbocycles. The van der Waals surface area contributed by atoms with Crippen molar-refractivity contribution in [3.8, 4) is 0 Å². The molecule has 2 aliphatic heterocycles. The number of benzene rings is 2. The van der Waals surface area contributed by atoms with Crippen LogP contribution in [-0.2, 0) is 41.2 Å². The Morgan fingerprint density at radius 2 is 1.40 bits per heavy atom. The normalized spacial score (nSPS) is 18.8. The van der Waals surface area contributed by atoms with Gasteiger partial charge >= 0.3 is 0 Å². The second-order valence-electron chi connectivity index (χ2n) is 12.2. The topological polar surface area (TPSA) is 169 Å². The number of hydrogen-bond donors (Lipinski definition) is 3. The first kappa shape index (κ1) is 34.7. The standard InChI is InChI=1S/C31H38N2O9S3/c1-6-17-32-26-15-13-22(44(37,38)39)20-24(26)30(2,3)28(32)11-8-7-9-12-29-31(4,5)25-21-23(45(40,41)42)14-16-27(25)33(29)18-10-19-43(34,35)36/h7-9,11-16,20-21H,6,10,17-19H2,1-5H3,(H2-,34,35,36,37,38,39,40,41,42)/p+1. The van der Waals surface area contributed by atoms with E-state index in [0.717, 1.165) is 29.1 Å². The van der Waals surface area contributed by atoms with Gasteiger partial charge in [-0.2, -0.15) is 29.8 Å². The van der Waals surface area contributed by atoms with Crippen molar-refractivity contribution in [3.05, 3.63) is 83.6 Å². The third kappa shape index (κ3) is 7.16. The van der Waals surface area contributed by atoms with Crippen LogP contribution in [-0.4, -0.2) is 68.0 Å². The first-order valence-electron chi connectivity index (χ1n) is 14.4. The Morgan fingerprint density at radius 3 is 1.98 bits per heavy atom. The van der Waals surface area contributed by atoms with Gasteiger partial charge in [0.15, 0.2) is 5.71 Å². The molecule has 2 aromatic carbocycles. The number of rotatable bonds is 11. The predicted octanol–water partition coefficient (Wildman–Crippen LogP) is 5.04. The van der Waals surface area contributed by atoms with Crippen molar-refractivity contribution < 1.29 is 43.5 Å².